The topological polar surface area (TPSA) is 139 Å². The number of aromatic nitrogens is 2. The van der Waals surface area contributed by atoms with Gasteiger partial charge in [0, 0.05) is 12.3 Å². The number of rotatable bonds is 7. The Kier molecular flexibility index (Phi) is 6.11. The van der Waals surface area contributed by atoms with Gasteiger partial charge in [0.05, 0.1) is 23.0 Å². The number of aromatic hydroxyl groups is 1. The number of nitrogens with zero attached hydrogens (tertiary/aromatic N) is 2. The lowest BCUT2D eigenvalue weighted by molar-refractivity contribution is -0.137. The van der Waals surface area contributed by atoms with Gasteiger partial charge < -0.3 is 15.5 Å². The number of carboxylic acids is 1. The average molecular weight is 443 g/mol. The Hall–Kier alpha value is -3.66. The molecule has 0 saturated heterocycles. The number of sulfone groups is 1. The molecule has 0 fully saturated rings. The average Bonchev–Trinajstić information content (AvgIpc) is 3.08. The Balaban J connectivity index is 1.95. The van der Waals surface area contributed by atoms with Crippen molar-refractivity contribution in [2.45, 2.75) is 24.3 Å². The molecule has 1 unspecified atom stereocenters. The molecule has 1 atom stereocenters. The van der Waals surface area contributed by atoms with Gasteiger partial charge in [0.1, 0.15) is 0 Å². The van der Waals surface area contributed by atoms with E-state index in [4.69, 9.17) is 0 Å². The number of carboxylic acid groups (broad SMARTS) is 1. The van der Waals surface area contributed by atoms with Crippen LogP contribution in [0.1, 0.15) is 34.1 Å². The van der Waals surface area contributed by atoms with Crippen molar-refractivity contribution in [3.8, 4) is 11.6 Å². The fraction of sp³-hybridized carbons (Fsp3) is 0.190. The molecule has 3 aromatic rings. The SMILES string of the molecule is Cc1ccccc1C(CC(=O)O)NC(=O)c1cc(O)n(-c2ccccc2S(C)(=O)=O)n1. The predicted molar refractivity (Wildman–Crippen MR) is 112 cm³/mol. The fourth-order valence-corrected chi connectivity index (χ4v) is 4.09. The molecule has 0 saturated carbocycles. The van der Waals surface area contributed by atoms with Crippen molar-refractivity contribution >= 4 is 21.7 Å². The van der Waals surface area contributed by atoms with Crippen molar-refractivity contribution in [3.63, 3.8) is 0 Å². The third-order valence-electron chi connectivity index (χ3n) is 4.66. The third kappa shape index (κ3) is 4.92. The van der Waals surface area contributed by atoms with Gasteiger partial charge in [-0.05, 0) is 30.2 Å². The highest BCUT2D eigenvalue weighted by Gasteiger charge is 2.24. The summed E-state index contributed by atoms with van der Waals surface area (Å²) in [6.45, 7) is 1.80. The molecular weight excluding hydrogens is 422 g/mol. The lowest BCUT2D eigenvalue weighted by Crippen LogP contribution is -2.31. The van der Waals surface area contributed by atoms with Gasteiger partial charge in [-0.25, -0.2) is 8.42 Å². The molecule has 0 bridgehead atoms. The van der Waals surface area contributed by atoms with E-state index in [0.29, 0.717) is 5.56 Å². The van der Waals surface area contributed by atoms with E-state index < -0.39 is 33.6 Å². The number of carbonyl (C=O) groups is 2. The number of hydrogen-bond donors (Lipinski definition) is 3. The van der Waals surface area contributed by atoms with E-state index in [2.05, 4.69) is 10.4 Å². The van der Waals surface area contributed by atoms with Crippen molar-refractivity contribution in [1.82, 2.24) is 15.1 Å². The molecule has 31 heavy (non-hydrogen) atoms. The molecule has 1 heterocycles. The smallest absolute Gasteiger partial charge is 0.305 e. The molecule has 2 aromatic carbocycles. The van der Waals surface area contributed by atoms with Crippen LogP contribution in [0.5, 0.6) is 5.88 Å². The summed E-state index contributed by atoms with van der Waals surface area (Å²) >= 11 is 0. The first-order valence-electron chi connectivity index (χ1n) is 9.24. The first-order chi connectivity index (χ1) is 14.6. The minimum absolute atomic E-state index is 0.0657. The van der Waals surface area contributed by atoms with E-state index in [9.17, 15) is 28.2 Å². The standard InChI is InChI=1S/C21H21N3O6S/c1-13-7-3-4-8-14(13)15(12-20(26)27)22-21(28)16-11-19(25)24(23-16)17-9-5-6-10-18(17)31(2,29)30/h3-11,15,25H,12H2,1-2H3,(H,22,28)(H,26,27). The van der Waals surface area contributed by atoms with Crippen LogP contribution in [-0.2, 0) is 14.6 Å². The van der Waals surface area contributed by atoms with Crippen LogP contribution in [0.15, 0.2) is 59.5 Å². The molecule has 0 aliphatic carbocycles. The van der Waals surface area contributed by atoms with Crippen molar-refractivity contribution < 1.29 is 28.2 Å². The minimum atomic E-state index is -3.62. The molecule has 1 aromatic heterocycles. The molecule has 10 heteroatoms. The van der Waals surface area contributed by atoms with E-state index >= 15 is 0 Å². The zero-order chi connectivity index (χ0) is 22.8. The van der Waals surface area contributed by atoms with Gasteiger partial charge >= 0.3 is 5.97 Å². The van der Waals surface area contributed by atoms with E-state index in [1.165, 1.54) is 18.2 Å². The Morgan fingerprint density at radius 3 is 2.42 bits per heavy atom. The highest BCUT2D eigenvalue weighted by Crippen LogP contribution is 2.26. The summed E-state index contributed by atoms with van der Waals surface area (Å²) < 4.78 is 25.1. The molecule has 0 aliphatic heterocycles. The predicted octanol–water partition coefficient (Wildman–Crippen LogP) is 2.24. The molecule has 0 radical (unpaired) electrons. The van der Waals surface area contributed by atoms with Crippen LogP contribution in [-0.4, -0.2) is 46.5 Å². The quantitative estimate of drug-likeness (QED) is 0.509. The normalized spacial score (nSPS) is 12.3. The zero-order valence-electron chi connectivity index (χ0n) is 16.8. The van der Waals surface area contributed by atoms with E-state index in [-0.39, 0.29) is 22.7 Å². The lowest BCUT2D eigenvalue weighted by atomic mass is 9.98. The van der Waals surface area contributed by atoms with Gasteiger partial charge in [0.2, 0.25) is 5.88 Å². The molecule has 1 amide bonds. The van der Waals surface area contributed by atoms with Crippen molar-refractivity contribution in [2.75, 3.05) is 6.26 Å². The fourth-order valence-electron chi connectivity index (χ4n) is 3.23. The van der Waals surface area contributed by atoms with Gasteiger partial charge in [0.15, 0.2) is 15.5 Å². The van der Waals surface area contributed by atoms with Crippen LogP contribution in [0, 0.1) is 6.92 Å². The van der Waals surface area contributed by atoms with Gasteiger partial charge in [-0.1, -0.05) is 36.4 Å². The number of benzene rings is 2. The molecule has 0 aliphatic rings. The largest absolute Gasteiger partial charge is 0.493 e. The highest BCUT2D eigenvalue weighted by atomic mass is 32.2. The van der Waals surface area contributed by atoms with Crippen molar-refractivity contribution in [1.29, 1.82) is 0 Å². The van der Waals surface area contributed by atoms with Crippen LogP contribution in [0.25, 0.3) is 5.69 Å². The second-order valence-electron chi connectivity index (χ2n) is 7.02. The Morgan fingerprint density at radius 1 is 1.13 bits per heavy atom. The first-order valence-corrected chi connectivity index (χ1v) is 11.1. The van der Waals surface area contributed by atoms with Crippen LogP contribution in [0.4, 0.5) is 0 Å². The van der Waals surface area contributed by atoms with Gasteiger partial charge in [0.25, 0.3) is 5.91 Å². The number of hydrogen-bond acceptors (Lipinski definition) is 6. The highest BCUT2D eigenvalue weighted by molar-refractivity contribution is 7.90. The van der Waals surface area contributed by atoms with E-state index in [1.54, 1.807) is 37.3 Å². The summed E-state index contributed by atoms with van der Waals surface area (Å²) in [6, 6.07) is 13.3. The zero-order valence-corrected chi connectivity index (χ0v) is 17.6. The van der Waals surface area contributed by atoms with Crippen molar-refractivity contribution in [3.05, 3.63) is 71.4 Å². The molecule has 3 rings (SSSR count). The molecule has 9 nitrogen and oxygen atoms in total. The number of aryl methyl sites for hydroxylation is 1. The van der Waals surface area contributed by atoms with Gasteiger partial charge in [-0.15, -0.1) is 0 Å². The summed E-state index contributed by atoms with van der Waals surface area (Å²) in [7, 11) is -3.62. The summed E-state index contributed by atoms with van der Waals surface area (Å²) in [4.78, 5) is 24.0. The van der Waals surface area contributed by atoms with Crippen LogP contribution < -0.4 is 5.32 Å². The van der Waals surface area contributed by atoms with Crippen LogP contribution in [0.3, 0.4) is 0 Å². The van der Waals surface area contributed by atoms with E-state index in [1.807, 2.05) is 0 Å². The maximum Gasteiger partial charge on any atom is 0.305 e. The summed E-state index contributed by atoms with van der Waals surface area (Å²) in [5.74, 6) is -2.24. The molecular formula is C21H21N3O6S. The van der Waals surface area contributed by atoms with Crippen LogP contribution in [0.2, 0.25) is 0 Å². The maximum atomic E-state index is 12.8. The second-order valence-corrected chi connectivity index (χ2v) is 9.00. The van der Waals surface area contributed by atoms with Gasteiger partial charge in [-0.2, -0.15) is 9.78 Å². The van der Waals surface area contributed by atoms with E-state index in [0.717, 1.165) is 22.6 Å². The Bertz CT molecular complexity index is 1250. The lowest BCUT2D eigenvalue weighted by Gasteiger charge is -2.18. The number of para-hydroxylation sites is 1. The number of carbonyl (C=O) groups excluding carboxylic acids is 1. The first kappa shape index (κ1) is 22.0. The summed E-state index contributed by atoms with van der Waals surface area (Å²) in [6.07, 6.45) is 0.679. The monoisotopic (exact) mass is 443 g/mol. The molecule has 162 valence electrons. The maximum absolute atomic E-state index is 12.8. The minimum Gasteiger partial charge on any atom is -0.493 e. The molecule has 0 spiro atoms. The number of amides is 1. The summed E-state index contributed by atoms with van der Waals surface area (Å²) in [5, 5.41) is 26.2. The van der Waals surface area contributed by atoms with Crippen LogP contribution >= 0.6 is 0 Å². The third-order valence-corrected chi connectivity index (χ3v) is 5.81. The second kappa shape index (κ2) is 8.60. The van der Waals surface area contributed by atoms with Crippen molar-refractivity contribution in [2.24, 2.45) is 0 Å². The number of aliphatic carboxylic acids is 1. The Morgan fingerprint density at radius 2 is 1.77 bits per heavy atom. The molecule has 3 N–H and O–H groups in total. The van der Waals surface area contributed by atoms with Gasteiger partial charge in [-0.3, -0.25) is 9.59 Å². The Labute approximate surface area is 178 Å². The number of nitrogens with one attached hydrogen (secondary N) is 1. The summed E-state index contributed by atoms with van der Waals surface area (Å²) in [5.41, 5.74) is 1.35.